The SMILES string of the molecule is CCCCCCCCOC(=O)C(C)CCCCCCCN(CCCCCCCCC(C)C(=O)OCCCCCCC)CCCCN1CCCC1. The number of ether oxygens (including phenoxy) is 2. The third-order valence-corrected chi connectivity index (χ3v) is 10.9. The average Bonchev–Trinajstić information content (AvgIpc) is 3.64. The van der Waals surface area contributed by atoms with Gasteiger partial charge in [0.05, 0.1) is 25.0 Å². The summed E-state index contributed by atoms with van der Waals surface area (Å²) >= 11 is 0. The van der Waals surface area contributed by atoms with Crippen molar-refractivity contribution >= 4 is 11.9 Å². The zero-order valence-corrected chi connectivity index (χ0v) is 34.1. The normalized spacial score (nSPS) is 14.7. The molecular formula is C44H86N2O4. The molecule has 296 valence electrons. The van der Waals surface area contributed by atoms with Crippen LogP contribution in [-0.4, -0.2) is 74.2 Å². The van der Waals surface area contributed by atoms with E-state index in [2.05, 4.69) is 23.6 Å². The van der Waals surface area contributed by atoms with Crippen LogP contribution in [0.3, 0.4) is 0 Å². The molecule has 1 rings (SSSR count). The molecule has 0 N–H and O–H groups in total. The molecule has 0 bridgehead atoms. The fraction of sp³-hybridized carbons (Fsp3) is 0.955. The van der Waals surface area contributed by atoms with Crippen LogP contribution < -0.4 is 0 Å². The van der Waals surface area contributed by atoms with Crippen LogP contribution in [0, 0.1) is 11.8 Å². The lowest BCUT2D eigenvalue weighted by Gasteiger charge is -2.23. The van der Waals surface area contributed by atoms with Crippen LogP contribution in [0.1, 0.15) is 207 Å². The Morgan fingerprint density at radius 1 is 0.500 bits per heavy atom. The van der Waals surface area contributed by atoms with Gasteiger partial charge in [-0.15, -0.1) is 0 Å². The second-order valence-corrected chi connectivity index (χ2v) is 15.9. The van der Waals surface area contributed by atoms with E-state index in [9.17, 15) is 9.59 Å². The molecule has 1 aliphatic rings. The Labute approximate surface area is 311 Å². The molecule has 1 fully saturated rings. The molecule has 50 heavy (non-hydrogen) atoms. The van der Waals surface area contributed by atoms with Gasteiger partial charge in [0.1, 0.15) is 0 Å². The summed E-state index contributed by atoms with van der Waals surface area (Å²) in [4.78, 5) is 30.0. The quantitative estimate of drug-likeness (QED) is 0.0473. The van der Waals surface area contributed by atoms with Crippen molar-refractivity contribution in [2.45, 2.75) is 207 Å². The van der Waals surface area contributed by atoms with E-state index in [1.165, 1.54) is 181 Å². The zero-order valence-electron chi connectivity index (χ0n) is 34.1. The van der Waals surface area contributed by atoms with Crippen LogP contribution in [0.5, 0.6) is 0 Å². The highest BCUT2D eigenvalue weighted by atomic mass is 16.5. The molecule has 0 aromatic rings. The van der Waals surface area contributed by atoms with Crippen molar-refractivity contribution in [1.82, 2.24) is 9.80 Å². The van der Waals surface area contributed by atoms with E-state index < -0.39 is 0 Å². The van der Waals surface area contributed by atoms with Gasteiger partial charge in [-0.2, -0.15) is 0 Å². The van der Waals surface area contributed by atoms with Crippen molar-refractivity contribution in [3.05, 3.63) is 0 Å². The average molecular weight is 707 g/mol. The number of hydrogen-bond donors (Lipinski definition) is 0. The summed E-state index contributed by atoms with van der Waals surface area (Å²) in [6, 6.07) is 0. The molecule has 2 atom stereocenters. The minimum Gasteiger partial charge on any atom is -0.465 e. The molecule has 0 radical (unpaired) electrons. The van der Waals surface area contributed by atoms with E-state index in [-0.39, 0.29) is 23.8 Å². The van der Waals surface area contributed by atoms with Crippen molar-refractivity contribution in [3.63, 3.8) is 0 Å². The Balaban J connectivity index is 2.14. The van der Waals surface area contributed by atoms with Gasteiger partial charge in [0.2, 0.25) is 0 Å². The highest BCUT2D eigenvalue weighted by Crippen LogP contribution is 2.17. The van der Waals surface area contributed by atoms with Crippen LogP contribution in [-0.2, 0) is 19.1 Å². The third kappa shape index (κ3) is 28.4. The first-order valence-corrected chi connectivity index (χ1v) is 22.3. The van der Waals surface area contributed by atoms with Gasteiger partial charge in [-0.3, -0.25) is 9.59 Å². The summed E-state index contributed by atoms with van der Waals surface area (Å²) in [6.45, 7) is 17.4. The lowest BCUT2D eigenvalue weighted by Crippen LogP contribution is -2.28. The lowest BCUT2D eigenvalue weighted by molar-refractivity contribution is -0.149. The van der Waals surface area contributed by atoms with Gasteiger partial charge < -0.3 is 19.3 Å². The minimum atomic E-state index is 0.00606. The highest BCUT2D eigenvalue weighted by molar-refractivity contribution is 5.72. The van der Waals surface area contributed by atoms with Crippen molar-refractivity contribution in [2.75, 3.05) is 52.5 Å². The number of rotatable bonds is 37. The highest BCUT2D eigenvalue weighted by Gasteiger charge is 2.15. The number of carbonyl (C=O) groups excluding carboxylic acids is 2. The lowest BCUT2D eigenvalue weighted by atomic mass is 10.0. The number of carbonyl (C=O) groups is 2. The summed E-state index contributed by atoms with van der Waals surface area (Å²) in [5.41, 5.74) is 0. The smallest absolute Gasteiger partial charge is 0.308 e. The van der Waals surface area contributed by atoms with Gasteiger partial charge >= 0.3 is 11.9 Å². The molecular weight excluding hydrogens is 620 g/mol. The number of esters is 2. The van der Waals surface area contributed by atoms with Crippen molar-refractivity contribution in [2.24, 2.45) is 11.8 Å². The Morgan fingerprint density at radius 3 is 1.30 bits per heavy atom. The molecule has 0 amide bonds. The molecule has 6 heteroatoms. The summed E-state index contributed by atoms with van der Waals surface area (Å²) in [6.07, 6.45) is 34.5. The summed E-state index contributed by atoms with van der Waals surface area (Å²) in [5.74, 6) is 0.0885. The summed E-state index contributed by atoms with van der Waals surface area (Å²) in [7, 11) is 0. The fourth-order valence-corrected chi connectivity index (χ4v) is 7.28. The van der Waals surface area contributed by atoms with Gasteiger partial charge in [-0.05, 0) is 103 Å². The second-order valence-electron chi connectivity index (χ2n) is 15.9. The second kappa shape index (κ2) is 34.9. The van der Waals surface area contributed by atoms with E-state index in [0.29, 0.717) is 13.2 Å². The third-order valence-electron chi connectivity index (χ3n) is 10.9. The molecule has 2 unspecified atom stereocenters. The first kappa shape index (κ1) is 46.9. The maximum Gasteiger partial charge on any atom is 0.308 e. The fourth-order valence-electron chi connectivity index (χ4n) is 7.28. The van der Waals surface area contributed by atoms with Gasteiger partial charge in [0, 0.05) is 0 Å². The standard InChI is InChI=1S/C44H86N2O4/c1-5-7-9-11-20-30-40-50-44(48)42(4)32-22-16-14-18-24-34-45(35-25-26-36-46-37-27-28-38-46)33-23-17-13-12-15-21-31-41(3)43(47)49-39-29-19-10-8-6-2/h41-42H,5-40H2,1-4H3. The maximum absolute atomic E-state index is 12.3. The van der Waals surface area contributed by atoms with E-state index in [4.69, 9.17) is 9.47 Å². The maximum atomic E-state index is 12.3. The van der Waals surface area contributed by atoms with Gasteiger partial charge in [0.25, 0.3) is 0 Å². The molecule has 1 aliphatic heterocycles. The van der Waals surface area contributed by atoms with E-state index in [0.717, 1.165) is 38.5 Å². The van der Waals surface area contributed by atoms with E-state index >= 15 is 0 Å². The number of hydrogen-bond acceptors (Lipinski definition) is 6. The van der Waals surface area contributed by atoms with Crippen LogP contribution >= 0.6 is 0 Å². The van der Waals surface area contributed by atoms with Crippen LogP contribution in [0.15, 0.2) is 0 Å². The monoisotopic (exact) mass is 707 g/mol. The number of nitrogens with zero attached hydrogens (tertiary/aromatic N) is 2. The van der Waals surface area contributed by atoms with E-state index in [1.807, 2.05) is 13.8 Å². The molecule has 6 nitrogen and oxygen atoms in total. The Hall–Kier alpha value is -1.14. The Morgan fingerprint density at radius 2 is 0.860 bits per heavy atom. The van der Waals surface area contributed by atoms with Crippen molar-refractivity contribution < 1.29 is 19.1 Å². The molecule has 0 saturated carbocycles. The number of unbranched alkanes of at least 4 members (excludes halogenated alkanes) is 19. The zero-order chi connectivity index (χ0) is 36.3. The summed E-state index contributed by atoms with van der Waals surface area (Å²) in [5, 5.41) is 0. The molecule has 0 aromatic heterocycles. The molecule has 0 aromatic carbocycles. The Bertz CT molecular complexity index is 756. The molecule has 0 aliphatic carbocycles. The van der Waals surface area contributed by atoms with Crippen LogP contribution in [0.25, 0.3) is 0 Å². The Kier molecular flexibility index (Phi) is 32.7. The molecule has 1 saturated heterocycles. The van der Waals surface area contributed by atoms with Crippen molar-refractivity contribution in [1.29, 1.82) is 0 Å². The largest absolute Gasteiger partial charge is 0.465 e. The van der Waals surface area contributed by atoms with Crippen LogP contribution in [0.2, 0.25) is 0 Å². The van der Waals surface area contributed by atoms with Gasteiger partial charge in [-0.25, -0.2) is 0 Å². The predicted octanol–water partition coefficient (Wildman–Crippen LogP) is 11.9. The summed E-state index contributed by atoms with van der Waals surface area (Å²) < 4.78 is 11.0. The van der Waals surface area contributed by atoms with Crippen molar-refractivity contribution in [3.8, 4) is 0 Å². The predicted molar refractivity (Wildman–Crippen MR) is 214 cm³/mol. The number of likely N-dealkylation sites (tertiary alicyclic amines) is 1. The van der Waals surface area contributed by atoms with Gasteiger partial charge in [0.15, 0.2) is 0 Å². The molecule has 0 spiro atoms. The van der Waals surface area contributed by atoms with Gasteiger partial charge in [-0.1, -0.05) is 143 Å². The molecule has 1 heterocycles. The van der Waals surface area contributed by atoms with Crippen LogP contribution in [0.4, 0.5) is 0 Å². The first-order chi connectivity index (χ1) is 24.5. The first-order valence-electron chi connectivity index (χ1n) is 22.3. The topological polar surface area (TPSA) is 59.1 Å². The van der Waals surface area contributed by atoms with E-state index in [1.54, 1.807) is 0 Å². The minimum absolute atomic E-state index is 0.00606.